The molecule has 0 amide bonds. The summed E-state index contributed by atoms with van der Waals surface area (Å²) in [5.74, 6) is 0. The molecule has 0 radical (unpaired) electrons. The Morgan fingerprint density at radius 1 is 1.57 bits per heavy atom. The Hall–Kier alpha value is 0.440. The topological polar surface area (TPSA) is 71.4 Å². The van der Waals surface area contributed by atoms with Gasteiger partial charge in [-0.05, 0) is 4.57 Å². The van der Waals surface area contributed by atoms with Gasteiger partial charge in [0.1, 0.15) is 0 Å². The smallest absolute Gasteiger partial charge is 0.248 e. The van der Waals surface area contributed by atoms with Crippen LogP contribution in [0.1, 0.15) is 0 Å². The number of rotatable bonds is 1. The lowest BCUT2D eigenvalue weighted by atomic mass is 15.9. The lowest BCUT2D eigenvalue weighted by Gasteiger charge is -1.66. The average Bonchev–Trinajstić information content (AvgIpc) is 1.31. The van der Waals surface area contributed by atoms with E-state index in [9.17, 15) is 13.0 Å². The number of hydrogen-bond acceptors (Lipinski definition) is 3. The molecule has 7 heteroatoms. The molecule has 0 saturated heterocycles. The van der Waals surface area contributed by atoms with Crippen LogP contribution in [0, 0.1) is 0 Å². The van der Waals surface area contributed by atoms with Crippen LogP contribution in [0.25, 0.3) is 0 Å². The monoisotopic (exact) mass is 161 g/mol. The molecule has 0 spiro atoms. The average molecular weight is 161 g/mol. The summed E-state index contributed by atoms with van der Waals surface area (Å²) in [7, 11) is -2.79. The van der Waals surface area contributed by atoms with E-state index in [1.54, 1.807) is 0 Å². The molecule has 4 nitrogen and oxygen atoms in total. The molecule has 0 fully saturated rings. The molecule has 42 valence electrons. The van der Waals surface area contributed by atoms with Gasteiger partial charge in [0.15, 0.2) is 8.93 Å². The van der Waals surface area contributed by atoms with E-state index in [-0.39, 0.29) is 0 Å². The van der Waals surface area contributed by atoms with E-state index in [0.717, 1.165) is 0 Å². The highest BCUT2D eigenvalue weighted by molar-refractivity contribution is 8.60. The summed E-state index contributed by atoms with van der Waals surface area (Å²) in [5.41, 5.74) is 0. The van der Waals surface area contributed by atoms with Crippen LogP contribution >= 0.6 is 15.6 Å². The number of hydrogen-bond donors (Lipinski definition) is 1. The van der Waals surface area contributed by atoms with E-state index >= 15 is 0 Å². The molecule has 0 rings (SSSR count). The third kappa shape index (κ3) is 3.06. The van der Waals surface area contributed by atoms with Crippen LogP contribution in [-0.2, 0) is 14.3 Å². The van der Waals surface area contributed by atoms with Gasteiger partial charge in [-0.15, -0.1) is 0 Å². The summed E-state index contributed by atoms with van der Waals surface area (Å²) in [6, 6.07) is 0. The molecule has 0 aliphatic heterocycles. The van der Waals surface area contributed by atoms with Gasteiger partial charge in [-0.1, -0.05) is 0 Å². The molecule has 2 unspecified atom stereocenters. The van der Waals surface area contributed by atoms with E-state index in [0.29, 0.717) is 0 Å². The molecular weight excluding hydrogens is 158 g/mol. The highest BCUT2D eigenvalue weighted by Gasteiger charge is 2.25. The standard InChI is InChI=1S/H2O4P2S/c1-6(5)7(2,3)4/h5H2/p+1. The van der Waals surface area contributed by atoms with Crippen molar-refractivity contribution in [1.29, 1.82) is 0 Å². The highest BCUT2D eigenvalue weighted by Crippen LogP contribution is 2.36. The minimum atomic E-state index is -4.27. The summed E-state index contributed by atoms with van der Waals surface area (Å²) in [5, 5.41) is 0. The Bertz CT molecular complexity index is 164. The molecule has 7 heavy (non-hydrogen) atoms. The zero-order chi connectivity index (χ0) is 6.08. The van der Waals surface area contributed by atoms with Crippen molar-refractivity contribution in [2.24, 2.45) is 0 Å². The summed E-state index contributed by atoms with van der Waals surface area (Å²) in [6.45, 7) is -2.55. The third-order valence-corrected chi connectivity index (χ3v) is 4.44. The quantitative estimate of drug-likeness (QED) is 0.446. The zero-order valence-electron chi connectivity index (χ0n) is 3.10. The normalized spacial score (nSPS) is 13.7. The summed E-state index contributed by atoms with van der Waals surface area (Å²) < 4.78 is 36.7. The minimum Gasteiger partial charge on any atom is -0.248 e. The van der Waals surface area contributed by atoms with Gasteiger partial charge < -0.3 is 0 Å². The second-order valence-electron chi connectivity index (χ2n) is 0.733. The maximum absolute atomic E-state index is 9.74. The van der Waals surface area contributed by atoms with Crippen molar-refractivity contribution in [3.63, 3.8) is 0 Å². The molecule has 2 atom stereocenters. The van der Waals surface area contributed by atoms with Crippen molar-refractivity contribution in [1.82, 2.24) is 0 Å². The predicted molar refractivity (Wildman–Crippen MR) is 28.9 cm³/mol. The molecule has 0 aliphatic rings. The van der Waals surface area contributed by atoms with Gasteiger partial charge in [0.2, 0.25) is 0 Å². The van der Waals surface area contributed by atoms with Gasteiger partial charge in [0.05, 0.1) is 0 Å². The maximum Gasteiger partial charge on any atom is 0.505 e. The fourth-order valence-electron chi connectivity index (χ4n) is 0. The van der Waals surface area contributed by atoms with E-state index in [2.05, 4.69) is 0 Å². The highest BCUT2D eigenvalue weighted by atomic mass is 32.9. The van der Waals surface area contributed by atoms with Crippen molar-refractivity contribution in [3.05, 3.63) is 0 Å². The van der Waals surface area contributed by atoms with Crippen molar-refractivity contribution < 1.29 is 17.5 Å². The maximum atomic E-state index is 9.74. The van der Waals surface area contributed by atoms with Crippen molar-refractivity contribution in [3.8, 4) is 0 Å². The third-order valence-electron chi connectivity index (χ3n) is 0.227. The summed E-state index contributed by atoms with van der Waals surface area (Å²) >= 11 is 0. The van der Waals surface area contributed by atoms with Crippen LogP contribution in [-0.4, -0.2) is 13.0 Å². The molecule has 0 aromatic carbocycles. The molecule has 0 saturated carbocycles. The Balaban J connectivity index is 4.43. The molecule has 0 aromatic rings. The molecular formula is H3O4P2S+. The van der Waals surface area contributed by atoms with Crippen molar-refractivity contribution in [2.45, 2.75) is 0 Å². The van der Waals surface area contributed by atoms with Gasteiger partial charge in [0, 0.05) is 0 Å². The van der Waals surface area contributed by atoms with E-state index in [4.69, 9.17) is 4.55 Å². The first kappa shape index (κ1) is 7.44. The van der Waals surface area contributed by atoms with Gasteiger partial charge in [-0.25, -0.2) is 4.55 Å². The van der Waals surface area contributed by atoms with Crippen molar-refractivity contribution >= 4 is 25.4 Å². The summed E-state index contributed by atoms with van der Waals surface area (Å²) in [6.07, 6.45) is 0. The van der Waals surface area contributed by atoms with Crippen LogP contribution < -0.4 is 0 Å². The van der Waals surface area contributed by atoms with E-state index < -0.39 is 16.4 Å². The van der Waals surface area contributed by atoms with E-state index in [1.165, 1.54) is 8.93 Å². The van der Waals surface area contributed by atoms with Crippen LogP contribution in [0.3, 0.4) is 0 Å². The fraction of sp³-hybridized carbons (Fsp3) is 0. The lowest BCUT2D eigenvalue weighted by molar-refractivity contribution is 0.497. The van der Waals surface area contributed by atoms with Gasteiger partial charge in [0.25, 0.3) is 0 Å². The Morgan fingerprint density at radius 3 is 1.71 bits per heavy atom. The first-order valence-corrected chi connectivity index (χ1v) is 6.06. The zero-order valence-corrected chi connectivity index (χ0v) is 5.97. The van der Waals surface area contributed by atoms with Gasteiger partial charge in [-0.2, -0.15) is 8.42 Å². The minimum absolute atomic E-state index is 1.47. The second-order valence-corrected chi connectivity index (χ2v) is 7.19. The fourth-order valence-corrected chi connectivity index (χ4v) is 0. The molecule has 0 heterocycles. The first-order valence-electron chi connectivity index (χ1n) is 1.14. The van der Waals surface area contributed by atoms with Gasteiger partial charge in [-0.3, -0.25) is 0 Å². The SMILES string of the molecule is O=[P+](P)S(=O)(=O)O. The van der Waals surface area contributed by atoms with Crippen LogP contribution in [0.2, 0.25) is 0 Å². The predicted octanol–water partition coefficient (Wildman–Crippen LogP) is 0.407. The Kier molecular flexibility index (Phi) is 2.27. The van der Waals surface area contributed by atoms with Crippen molar-refractivity contribution in [2.75, 3.05) is 0 Å². The molecule has 0 aliphatic carbocycles. The molecule has 1 N–H and O–H groups in total. The molecule has 0 bridgehead atoms. The molecule has 0 aromatic heterocycles. The largest absolute Gasteiger partial charge is 0.505 e. The van der Waals surface area contributed by atoms with E-state index in [1.807, 2.05) is 0 Å². The van der Waals surface area contributed by atoms with Crippen LogP contribution in [0.5, 0.6) is 0 Å². The Morgan fingerprint density at radius 2 is 1.71 bits per heavy atom. The van der Waals surface area contributed by atoms with Gasteiger partial charge >= 0.3 is 16.4 Å². The van der Waals surface area contributed by atoms with Crippen LogP contribution in [0.4, 0.5) is 0 Å². The summed E-state index contributed by atoms with van der Waals surface area (Å²) in [4.78, 5) is 0. The first-order chi connectivity index (χ1) is 2.94. The lowest BCUT2D eigenvalue weighted by Crippen LogP contribution is -1.82. The second kappa shape index (κ2) is 2.14. The van der Waals surface area contributed by atoms with Crippen LogP contribution in [0.15, 0.2) is 0 Å². The Labute approximate surface area is 43.7 Å².